The van der Waals surface area contributed by atoms with Crippen molar-refractivity contribution in [2.75, 3.05) is 19.6 Å². The molecule has 1 aliphatic heterocycles. The molecule has 0 aromatic heterocycles. The number of phenolic OH excluding ortho intramolecular Hbond substituents is 1. The molecule has 7 heteroatoms. The summed E-state index contributed by atoms with van der Waals surface area (Å²) in [6.45, 7) is 3.44. The third kappa shape index (κ3) is 6.62. The standard InChI is InChI=1S/C22H33N3O2.CH2O2/c26-21-8-4-5-17(13-21)16-25(20-9-10-20)22(27)23-14-18-11-12-24(15-18)19-6-2-1-3-7-19;2-1-3/h4-5,8,13,18-20,26H,1-3,6-7,9-12,14-16H2,(H,23,27);1H,(H,2,3). The first-order valence-corrected chi connectivity index (χ1v) is 11.2. The van der Waals surface area contributed by atoms with E-state index in [1.54, 1.807) is 12.1 Å². The zero-order chi connectivity index (χ0) is 21.3. The maximum Gasteiger partial charge on any atom is 0.317 e. The topological polar surface area (TPSA) is 93.1 Å². The van der Waals surface area contributed by atoms with Crippen molar-refractivity contribution in [1.29, 1.82) is 0 Å². The average Bonchev–Trinajstić information content (AvgIpc) is 3.48. The van der Waals surface area contributed by atoms with Gasteiger partial charge in [-0.3, -0.25) is 4.79 Å². The van der Waals surface area contributed by atoms with Gasteiger partial charge in [-0.1, -0.05) is 31.4 Å². The molecule has 1 unspecified atom stereocenters. The SMILES string of the molecule is O=C(NCC1CCN(C2CCCCC2)C1)N(Cc1cccc(O)c1)C1CC1.O=CO. The van der Waals surface area contributed by atoms with Gasteiger partial charge in [-0.25, -0.2) is 4.79 Å². The van der Waals surface area contributed by atoms with Crippen molar-refractivity contribution < 1.29 is 19.8 Å². The number of rotatable bonds is 6. The highest BCUT2D eigenvalue weighted by Crippen LogP contribution is 2.30. The Bertz CT molecular complexity index is 689. The zero-order valence-electron chi connectivity index (χ0n) is 17.7. The van der Waals surface area contributed by atoms with E-state index in [2.05, 4.69) is 10.2 Å². The van der Waals surface area contributed by atoms with Gasteiger partial charge in [-0.2, -0.15) is 0 Å². The second-order valence-corrected chi connectivity index (χ2v) is 8.76. The lowest BCUT2D eigenvalue weighted by Crippen LogP contribution is -2.43. The number of likely N-dealkylation sites (tertiary alicyclic amines) is 1. The largest absolute Gasteiger partial charge is 0.508 e. The molecule has 3 fully saturated rings. The van der Waals surface area contributed by atoms with Gasteiger partial charge in [0, 0.05) is 31.7 Å². The summed E-state index contributed by atoms with van der Waals surface area (Å²) < 4.78 is 0. The number of carbonyl (C=O) groups is 2. The Labute approximate surface area is 179 Å². The monoisotopic (exact) mass is 417 g/mol. The molecule has 1 heterocycles. The lowest BCUT2D eigenvalue weighted by molar-refractivity contribution is -0.122. The maximum atomic E-state index is 12.8. The molecule has 1 aromatic carbocycles. The Hall–Kier alpha value is -2.28. The fourth-order valence-corrected chi connectivity index (χ4v) is 4.74. The summed E-state index contributed by atoms with van der Waals surface area (Å²) in [7, 11) is 0. The van der Waals surface area contributed by atoms with E-state index in [0.29, 0.717) is 18.5 Å². The lowest BCUT2D eigenvalue weighted by Gasteiger charge is -2.31. The molecule has 4 rings (SSSR count). The maximum absolute atomic E-state index is 12.8. The average molecular weight is 418 g/mol. The minimum Gasteiger partial charge on any atom is -0.508 e. The molecule has 2 amide bonds. The van der Waals surface area contributed by atoms with Crippen LogP contribution in [0, 0.1) is 5.92 Å². The number of hydrogen-bond donors (Lipinski definition) is 3. The van der Waals surface area contributed by atoms with E-state index < -0.39 is 0 Å². The van der Waals surface area contributed by atoms with Crippen LogP contribution in [0.2, 0.25) is 0 Å². The van der Waals surface area contributed by atoms with Gasteiger partial charge in [0.2, 0.25) is 0 Å². The van der Waals surface area contributed by atoms with E-state index in [4.69, 9.17) is 9.90 Å². The van der Waals surface area contributed by atoms with Crippen LogP contribution in [0.5, 0.6) is 5.75 Å². The molecule has 166 valence electrons. The molecule has 7 nitrogen and oxygen atoms in total. The van der Waals surface area contributed by atoms with E-state index in [1.807, 2.05) is 17.0 Å². The van der Waals surface area contributed by atoms with E-state index in [9.17, 15) is 9.90 Å². The summed E-state index contributed by atoms with van der Waals surface area (Å²) in [5.41, 5.74) is 0.987. The zero-order valence-corrected chi connectivity index (χ0v) is 17.7. The van der Waals surface area contributed by atoms with Crippen LogP contribution in [0.4, 0.5) is 4.79 Å². The van der Waals surface area contributed by atoms with Crippen molar-refractivity contribution in [2.24, 2.45) is 5.92 Å². The van der Waals surface area contributed by atoms with E-state index in [1.165, 1.54) is 45.1 Å². The van der Waals surface area contributed by atoms with Gasteiger partial charge in [0.15, 0.2) is 0 Å². The number of benzene rings is 1. The van der Waals surface area contributed by atoms with Crippen molar-refractivity contribution in [3.05, 3.63) is 29.8 Å². The number of nitrogens with zero attached hydrogens (tertiary/aromatic N) is 2. The number of urea groups is 1. The van der Waals surface area contributed by atoms with Gasteiger partial charge < -0.3 is 25.3 Å². The van der Waals surface area contributed by atoms with Crippen molar-refractivity contribution in [1.82, 2.24) is 15.1 Å². The first-order valence-electron chi connectivity index (χ1n) is 11.2. The molecule has 2 aliphatic carbocycles. The minimum atomic E-state index is -0.250. The van der Waals surface area contributed by atoms with Crippen molar-refractivity contribution in [3.63, 3.8) is 0 Å². The van der Waals surface area contributed by atoms with Crippen LogP contribution >= 0.6 is 0 Å². The number of hydrogen-bond acceptors (Lipinski definition) is 4. The van der Waals surface area contributed by atoms with E-state index in [-0.39, 0.29) is 18.3 Å². The molecule has 3 N–H and O–H groups in total. The molecular weight excluding hydrogens is 382 g/mol. The first kappa shape index (κ1) is 22.4. The number of nitrogens with one attached hydrogen (secondary N) is 1. The Balaban J connectivity index is 0.000000806. The van der Waals surface area contributed by atoms with Crippen molar-refractivity contribution in [2.45, 2.75) is 70.0 Å². The second-order valence-electron chi connectivity index (χ2n) is 8.76. The van der Waals surface area contributed by atoms with E-state index >= 15 is 0 Å². The van der Waals surface area contributed by atoms with Crippen LogP contribution in [0.3, 0.4) is 0 Å². The van der Waals surface area contributed by atoms with Gasteiger partial charge in [-0.05, 0) is 62.3 Å². The van der Waals surface area contributed by atoms with E-state index in [0.717, 1.165) is 37.5 Å². The molecule has 1 saturated heterocycles. The van der Waals surface area contributed by atoms with Gasteiger partial charge >= 0.3 is 6.03 Å². The summed E-state index contributed by atoms with van der Waals surface area (Å²) in [6.07, 6.45) is 10.3. The highest BCUT2D eigenvalue weighted by Gasteiger charge is 2.34. The van der Waals surface area contributed by atoms with Crippen LogP contribution in [0.15, 0.2) is 24.3 Å². The van der Waals surface area contributed by atoms with Crippen LogP contribution in [0.25, 0.3) is 0 Å². The predicted octanol–water partition coefficient (Wildman–Crippen LogP) is 3.42. The number of phenols is 1. The fraction of sp³-hybridized carbons (Fsp3) is 0.652. The Morgan fingerprint density at radius 1 is 1.17 bits per heavy atom. The second kappa shape index (κ2) is 11.2. The summed E-state index contributed by atoms with van der Waals surface area (Å²) in [5, 5.41) is 19.8. The molecule has 0 radical (unpaired) electrons. The molecular formula is C23H35N3O4. The third-order valence-corrected chi connectivity index (χ3v) is 6.46. The quantitative estimate of drug-likeness (QED) is 0.617. The number of carbonyl (C=O) groups excluding carboxylic acids is 1. The number of carboxylic acid groups (broad SMARTS) is 1. The summed E-state index contributed by atoms with van der Waals surface area (Å²) in [4.78, 5) is 25.8. The Morgan fingerprint density at radius 3 is 2.57 bits per heavy atom. The lowest BCUT2D eigenvalue weighted by atomic mass is 9.94. The molecule has 0 spiro atoms. The van der Waals surface area contributed by atoms with Gasteiger partial charge in [0.1, 0.15) is 5.75 Å². The van der Waals surface area contributed by atoms with Gasteiger partial charge in [0.05, 0.1) is 0 Å². The molecule has 2 saturated carbocycles. The highest BCUT2D eigenvalue weighted by atomic mass is 16.3. The summed E-state index contributed by atoms with van der Waals surface area (Å²) in [5.74, 6) is 0.843. The Kier molecular flexibility index (Phi) is 8.37. The summed E-state index contributed by atoms with van der Waals surface area (Å²) in [6, 6.07) is 8.43. The fourth-order valence-electron chi connectivity index (χ4n) is 4.74. The normalized spacial score (nSPS) is 22.1. The first-order chi connectivity index (χ1) is 14.6. The highest BCUT2D eigenvalue weighted by molar-refractivity contribution is 5.75. The van der Waals surface area contributed by atoms with Crippen molar-refractivity contribution >= 4 is 12.5 Å². The molecule has 1 aromatic rings. The van der Waals surface area contributed by atoms with Crippen molar-refractivity contribution in [3.8, 4) is 5.75 Å². The Morgan fingerprint density at radius 2 is 1.90 bits per heavy atom. The molecule has 0 bridgehead atoms. The minimum absolute atomic E-state index is 0.0527. The van der Waals surface area contributed by atoms with Crippen LogP contribution < -0.4 is 5.32 Å². The third-order valence-electron chi connectivity index (χ3n) is 6.46. The predicted molar refractivity (Wildman–Crippen MR) is 115 cm³/mol. The molecule has 1 atom stereocenters. The van der Waals surface area contributed by atoms with Crippen LogP contribution in [-0.4, -0.2) is 64.2 Å². The van der Waals surface area contributed by atoms with Crippen LogP contribution in [0.1, 0.15) is 56.9 Å². The van der Waals surface area contributed by atoms with Gasteiger partial charge in [0.25, 0.3) is 6.47 Å². The number of aromatic hydroxyl groups is 1. The molecule has 3 aliphatic rings. The van der Waals surface area contributed by atoms with Gasteiger partial charge in [-0.15, -0.1) is 0 Å². The summed E-state index contributed by atoms with van der Waals surface area (Å²) >= 11 is 0. The molecule has 30 heavy (non-hydrogen) atoms. The smallest absolute Gasteiger partial charge is 0.317 e. The van der Waals surface area contributed by atoms with Crippen LogP contribution in [-0.2, 0) is 11.3 Å². The number of amides is 2.